The van der Waals surface area contributed by atoms with Crippen LogP contribution in [0.4, 0.5) is 4.79 Å². The van der Waals surface area contributed by atoms with Crippen molar-refractivity contribution in [2.45, 2.75) is 187 Å². The number of nitrogens with zero attached hydrogens (tertiary/aromatic N) is 1. The molecule has 0 saturated heterocycles. The first kappa shape index (κ1) is 44.2. The Hall–Kier alpha value is -1.81. The molecule has 2 N–H and O–H groups in total. The van der Waals surface area contributed by atoms with Gasteiger partial charge in [0.15, 0.2) is 0 Å². The maximum atomic E-state index is 12.8. The molecule has 268 valence electrons. The van der Waals surface area contributed by atoms with Gasteiger partial charge in [0.25, 0.3) is 0 Å². The summed E-state index contributed by atoms with van der Waals surface area (Å²) in [6.45, 7) is 7.40. The molecule has 0 rings (SSSR count). The molecule has 0 aliphatic rings. The first-order chi connectivity index (χ1) is 22.8. The molecule has 0 atom stereocenters. The highest BCUT2D eigenvalue weighted by Gasteiger charge is 2.14. The van der Waals surface area contributed by atoms with Gasteiger partial charge in [-0.2, -0.15) is 0 Å². The number of ether oxygens (including phenoxy) is 1. The van der Waals surface area contributed by atoms with Crippen molar-refractivity contribution in [3.05, 3.63) is 48.6 Å². The number of carbonyl (C=O) groups excluding carboxylic acids is 1. The van der Waals surface area contributed by atoms with Crippen LogP contribution in [-0.4, -0.2) is 37.2 Å². The predicted octanol–water partition coefficient (Wildman–Crippen LogP) is 13.2. The quantitative estimate of drug-likeness (QED) is 0.0553. The van der Waals surface area contributed by atoms with Crippen LogP contribution in [0.15, 0.2) is 48.6 Å². The molecule has 46 heavy (non-hydrogen) atoms. The van der Waals surface area contributed by atoms with E-state index in [1.165, 1.54) is 128 Å². The van der Waals surface area contributed by atoms with Crippen LogP contribution in [0.3, 0.4) is 0 Å². The summed E-state index contributed by atoms with van der Waals surface area (Å²) in [5.74, 6) is 0. The van der Waals surface area contributed by atoms with E-state index in [9.17, 15) is 4.79 Å². The van der Waals surface area contributed by atoms with Gasteiger partial charge in [0.1, 0.15) is 0 Å². The van der Waals surface area contributed by atoms with E-state index in [1.807, 2.05) is 4.90 Å². The van der Waals surface area contributed by atoms with Gasteiger partial charge >= 0.3 is 6.09 Å². The number of nitrogens with two attached hydrogens (primary N) is 1. The Morgan fingerprint density at radius 3 is 1.26 bits per heavy atom. The van der Waals surface area contributed by atoms with Crippen molar-refractivity contribution < 1.29 is 9.53 Å². The Morgan fingerprint density at radius 1 is 0.478 bits per heavy atom. The fraction of sp³-hybridized carbons (Fsp3) is 0.786. The third-order valence-corrected chi connectivity index (χ3v) is 8.59. The van der Waals surface area contributed by atoms with Crippen LogP contribution < -0.4 is 5.73 Å². The molecule has 0 aliphatic heterocycles. The minimum absolute atomic E-state index is 0.113. The van der Waals surface area contributed by atoms with E-state index in [0.29, 0.717) is 13.2 Å². The zero-order valence-corrected chi connectivity index (χ0v) is 30.9. The van der Waals surface area contributed by atoms with Crippen molar-refractivity contribution in [1.29, 1.82) is 0 Å². The molecule has 0 saturated carbocycles. The molecule has 0 aliphatic carbocycles. The molecule has 4 heteroatoms. The van der Waals surface area contributed by atoms with Crippen LogP contribution >= 0.6 is 0 Å². The minimum Gasteiger partial charge on any atom is -0.449 e. The lowest BCUT2D eigenvalue weighted by Crippen LogP contribution is -2.33. The summed E-state index contributed by atoms with van der Waals surface area (Å²) in [7, 11) is 0. The van der Waals surface area contributed by atoms with Crippen LogP contribution in [0.5, 0.6) is 0 Å². The second-order valence-electron chi connectivity index (χ2n) is 13.1. The van der Waals surface area contributed by atoms with E-state index >= 15 is 0 Å². The van der Waals surface area contributed by atoms with E-state index in [0.717, 1.165) is 58.0 Å². The normalized spacial score (nSPS) is 12.1. The summed E-state index contributed by atoms with van der Waals surface area (Å²) in [6, 6.07) is 0. The van der Waals surface area contributed by atoms with Crippen molar-refractivity contribution in [2.75, 3.05) is 26.2 Å². The van der Waals surface area contributed by atoms with Gasteiger partial charge in [-0.25, -0.2) is 4.79 Å². The molecular formula is C42H78N2O2. The monoisotopic (exact) mass is 643 g/mol. The summed E-state index contributed by atoms with van der Waals surface area (Å²) >= 11 is 0. The molecule has 0 aromatic rings. The fourth-order valence-electron chi connectivity index (χ4n) is 5.55. The van der Waals surface area contributed by atoms with Crippen LogP contribution in [0.25, 0.3) is 0 Å². The molecule has 0 radical (unpaired) electrons. The summed E-state index contributed by atoms with van der Waals surface area (Å²) in [4.78, 5) is 14.8. The van der Waals surface area contributed by atoms with E-state index in [1.54, 1.807) is 0 Å². The van der Waals surface area contributed by atoms with Gasteiger partial charge in [-0.15, -0.1) is 0 Å². The van der Waals surface area contributed by atoms with Gasteiger partial charge in [0.2, 0.25) is 0 Å². The van der Waals surface area contributed by atoms with Crippen LogP contribution in [-0.2, 0) is 4.74 Å². The number of unbranched alkanes of at least 4 members (excludes halogenated alkanes) is 20. The van der Waals surface area contributed by atoms with E-state index in [2.05, 4.69) is 62.5 Å². The Bertz CT molecular complexity index is 679. The fourth-order valence-corrected chi connectivity index (χ4v) is 5.55. The Labute approximate surface area is 287 Å². The molecule has 0 aromatic carbocycles. The van der Waals surface area contributed by atoms with Gasteiger partial charge < -0.3 is 15.4 Å². The third-order valence-electron chi connectivity index (χ3n) is 8.59. The average Bonchev–Trinajstić information content (AvgIpc) is 3.06. The van der Waals surface area contributed by atoms with Crippen molar-refractivity contribution in [3.63, 3.8) is 0 Å². The average molecular weight is 643 g/mol. The van der Waals surface area contributed by atoms with Crippen LogP contribution in [0.2, 0.25) is 0 Å². The summed E-state index contributed by atoms with van der Waals surface area (Å²) in [5.41, 5.74) is 5.60. The van der Waals surface area contributed by atoms with Crippen molar-refractivity contribution in [2.24, 2.45) is 5.73 Å². The van der Waals surface area contributed by atoms with Crippen molar-refractivity contribution >= 4 is 6.09 Å². The zero-order valence-electron chi connectivity index (χ0n) is 30.9. The summed E-state index contributed by atoms with van der Waals surface area (Å²) < 4.78 is 5.63. The lowest BCUT2D eigenvalue weighted by molar-refractivity contribution is 0.0990. The van der Waals surface area contributed by atoms with Gasteiger partial charge in [-0.05, 0) is 103 Å². The van der Waals surface area contributed by atoms with E-state index in [4.69, 9.17) is 10.5 Å². The van der Waals surface area contributed by atoms with E-state index < -0.39 is 0 Å². The molecule has 0 heterocycles. The molecule has 0 bridgehead atoms. The van der Waals surface area contributed by atoms with Gasteiger partial charge in [0, 0.05) is 13.1 Å². The van der Waals surface area contributed by atoms with Crippen molar-refractivity contribution in [3.8, 4) is 0 Å². The van der Waals surface area contributed by atoms with Crippen LogP contribution in [0.1, 0.15) is 187 Å². The van der Waals surface area contributed by atoms with E-state index in [-0.39, 0.29) is 6.09 Å². The summed E-state index contributed by atoms with van der Waals surface area (Å²) in [5, 5.41) is 0. The number of amides is 1. The van der Waals surface area contributed by atoms with Crippen molar-refractivity contribution in [1.82, 2.24) is 4.90 Å². The molecule has 1 amide bonds. The number of hydrogen-bond donors (Lipinski definition) is 1. The maximum absolute atomic E-state index is 12.8. The topological polar surface area (TPSA) is 55.6 Å². The molecule has 0 aromatic heterocycles. The molecule has 0 spiro atoms. The number of carbonyl (C=O) groups is 1. The molecular weight excluding hydrogens is 564 g/mol. The second-order valence-corrected chi connectivity index (χ2v) is 13.1. The highest BCUT2D eigenvalue weighted by atomic mass is 16.6. The standard InChI is InChI=1S/C42H78N2O2/c1-3-5-7-9-11-13-15-17-19-21-23-25-27-29-31-35-39-44(42(45)46-41-37-33-34-38-43)40-36-32-30-28-26-24-22-20-18-16-14-12-10-8-6-4-2/h11-14,17-20H,3-10,15-16,21-41,43H2,1-2H3/b13-11-,14-12-,19-17-,20-18-. The SMILES string of the molecule is CCCCC/C=C\C/C=C\CCCCCCCCN(CCCCCCCC/C=C\C/C=C\CCCCC)C(=O)OCCCCCN. The number of allylic oxidation sites excluding steroid dienone is 8. The minimum atomic E-state index is -0.113. The number of hydrogen-bond acceptors (Lipinski definition) is 3. The Morgan fingerprint density at radius 2 is 0.848 bits per heavy atom. The maximum Gasteiger partial charge on any atom is 0.409 e. The zero-order chi connectivity index (χ0) is 33.4. The lowest BCUT2D eigenvalue weighted by Gasteiger charge is -2.22. The number of rotatable bonds is 35. The highest BCUT2D eigenvalue weighted by molar-refractivity contribution is 5.67. The summed E-state index contributed by atoms with van der Waals surface area (Å²) in [6.07, 6.45) is 51.2. The second kappa shape index (κ2) is 39.4. The van der Waals surface area contributed by atoms with Gasteiger partial charge in [-0.3, -0.25) is 0 Å². The molecule has 0 unspecified atom stereocenters. The lowest BCUT2D eigenvalue weighted by atomic mass is 10.1. The van der Waals surface area contributed by atoms with Gasteiger partial charge in [0.05, 0.1) is 6.61 Å². The molecule has 0 fully saturated rings. The third kappa shape index (κ3) is 35.1. The van der Waals surface area contributed by atoms with Crippen LogP contribution in [0, 0.1) is 0 Å². The van der Waals surface area contributed by atoms with Gasteiger partial charge in [-0.1, -0.05) is 140 Å². The first-order valence-electron chi connectivity index (χ1n) is 20.0. The molecule has 4 nitrogen and oxygen atoms in total. The smallest absolute Gasteiger partial charge is 0.409 e. The largest absolute Gasteiger partial charge is 0.449 e. The Balaban J connectivity index is 4.01. The Kier molecular flexibility index (Phi) is 37.8. The predicted molar refractivity (Wildman–Crippen MR) is 205 cm³/mol. The highest BCUT2D eigenvalue weighted by Crippen LogP contribution is 2.12. The first-order valence-corrected chi connectivity index (χ1v) is 20.0.